The summed E-state index contributed by atoms with van der Waals surface area (Å²) < 4.78 is 0. The van der Waals surface area contributed by atoms with Crippen molar-refractivity contribution in [2.45, 2.75) is 37.6 Å². The van der Waals surface area contributed by atoms with Gasteiger partial charge in [0.05, 0.1) is 11.7 Å². The molecule has 1 aliphatic carbocycles. The third kappa shape index (κ3) is 3.64. The van der Waals surface area contributed by atoms with Crippen LogP contribution in [-0.4, -0.2) is 40.3 Å². The number of rotatable bonds is 3. The maximum atomic E-state index is 10.9. The Morgan fingerprint density at radius 2 is 2.11 bits per heavy atom. The number of carboxylic acid groups (broad SMARTS) is 1. The van der Waals surface area contributed by atoms with Gasteiger partial charge in [-0.2, -0.15) is 4.98 Å². The predicted molar refractivity (Wildman–Crippen MR) is 104 cm³/mol. The summed E-state index contributed by atoms with van der Waals surface area (Å²) in [5.74, 6) is 1.43. The van der Waals surface area contributed by atoms with E-state index in [1.54, 1.807) is 0 Å². The van der Waals surface area contributed by atoms with Crippen molar-refractivity contribution in [2.75, 3.05) is 23.7 Å². The zero-order valence-electron chi connectivity index (χ0n) is 14.9. The Bertz CT molecular complexity index is 875. The van der Waals surface area contributed by atoms with Crippen LogP contribution in [0.1, 0.15) is 35.6 Å². The lowest BCUT2D eigenvalue weighted by molar-refractivity contribution is 0.191. The summed E-state index contributed by atoms with van der Waals surface area (Å²) in [5.41, 5.74) is 9.25. The number of carbonyl (C=O) groups is 1. The molecule has 2 unspecified atom stereocenters. The van der Waals surface area contributed by atoms with Crippen LogP contribution in [0.15, 0.2) is 24.3 Å². The average Bonchev–Trinajstić information content (AvgIpc) is 3.08. The highest BCUT2D eigenvalue weighted by molar-refractivity contribution is 6.31. The molecule has 0 bridgehead atoms. The van der Waals surface area contributed by atoms with E-state index >= 15 is 0 Å². The molecule has 4 rings (SSSR count). The number of fused-ring (bicyclic) bond motifs is 1. The Morgan fingerprint density at radius 3 is 2.89 bits per heavy atom. The van der Waals surface area contributed by atoms with E-state index in [1.807, 2.05) is 18.2 Å². The molecule has 0 spiro atoms. The number of aromatic nitrogens is 2. The Kier molecular flexibility index (Phi) is 4.78. The first-order valence-electron chi connectivity index (χ1n) is 9.15. The van der Waals surface area contributed by atoms with Gasteiger partial charge in [0.15, 0.2) is 0 Å². The van der Waals surface area contributed by atoms with Crippen molar-refractivity contribution in [3.05, 3.63) is 46.1 Å². The molecule has 142 valence electrons. The minimum atomic E-state index is -0.992. The van der Waals surface area contributed by atoms with Gasteiger partial charge in [-0.25, -0.2) is 9.78 Å². The smallest absolute Gasteiger partial charge is 0.404 e. The number of hydrogen-bond acceptors (Lipinski definition) is 5. The Morgan fingerprint density at radius 1 is 1.30 bits per heavy atom. The van der Waals surface area contributed by atoms with Crippen LogP contribution < -0.4 is 16.0 Å². The van der Waals surface area contributed by atoms with Gasteiger partial charge in [0.2, 0.25) is 5.95 Å². The fraction of sp³-hybridized carbons (Fsp3) is 0.421. The number of halogens is 1. The van der Waals surface area contributed by atoms with Crippen LogP contribution >= 0.6 is 11.6 Å². The number of nitrogen functional groups attached to an aromatic ring is 1. The molecular formula is C19H22ClN5O2. The van der Waals surface area contributed by atoms with Crippen LogP contribution in [-0.2, 0) is 12.8 Å². The number of benzene rings is 1. The van der Waals surface area contributed by atoms with Gasteiger partial charge in [-0.15, -0.1) is 0 Å². The monoisotopic (exact) mass is 387 g/mol. The average molecular weight is 388 g/mol. The lowest BCUT2D eigenvalue weighted by atomic mass is 9.82. The SMILES string of the molecule is Nc1nc2c(c(N3CCC(NC(=O)O)C3)n1)CCC(c1ccccc1Cl)C2. The third-order valence-electron chi connectivity index (χ3n) is 5.43. The maximum Gasteiger partial charge on any atom is 0.404 e. The van der Waals surface area contributed by atoms with Gasteiger partial charge >= 0.3 is 6.09 Å². The summed E-state index contributed by atoms with van der Waals surface area (Å²) in [4.78, 5) is 22.0. The van der Waals surface area contributed by atoms with Crippen LogP contribution in [0.25, 0.3) is 0 Å². The highest BCUT2D eigenvalue weighted by atomic mass is 35.5. The van der Waals surface area contributed by atoms with Crippen LogP contribution in [0, 0.1) is 0 Å². The summed E-state index contributed by atoms with van der Waals surface area (Å²) in [6.07, 6.45) is 2.38. The molecule has 2 aliphatic rings. The summed E-state index contributed by atoms with van der Waals surface area (Å²) in [6, 6.07) is 7.86. The van der Waals surface area contributed by atoms with Crippen molar-refractivity contribution in [2.24, 2.45) is 0 Å². The fourth-order valence-electron chi connectivity index (χ4n) is 4.19. The number of hydrogen-bond donors (Lipinski definition) is 3. The van der Waals surface area contributed by atoms with Gasteiger partial charge in [-0.3, -0.25) is 0 Å². The lowest BCUT2D eigenvalue weighted by Crippen LogP contribution is -2.36. The lowest BCUT2D eigenvalue weighted by Gasteiger charge is -2.29. The van der Waals surface area contributed by atoms with Crippen molar-refractivity contribution >= 4 is 29.5 Å². The molecule has 1 saturated heterocycles. The molecule has 1 aromatic heterocycles. The summed E-state index contributed by atoms with van der Waals surface area (Å²) in [7, 11) is 0. The minimum absolute atomic E-state index is 0.0891. The number of anilines is 2. The first kappa shape index (κ1) is 17.9. The Balaban J connectivity index is 1.59. The molecule has 0 radical (unpaired) electrons. The second kappa shape index (κ2) is 7.23. The minimum Gasteiger partial charge on any atom is -0.465 e. The normalized spacial score (nSPS) is 21.7. The van der Waals surface area contributed by atoms with Crippen LogP contribution in [0.2, 0.25) is 5.02 Å². The molecule has 2 atom stereocenters. The Labute approximate surface area is 162 Å². The molecule has 8 heteroatoms. The number of amides is 1. The first-order chi connectivity index (χ1) is 13.0. The van der Waals surface area contributed by atoms with E-state index in [2.05, 4.69) is 26.3 Å². The molecule has 7 nitrogen and oxygen atoms in total. The molecule has 1 aliphatic heterocycles. The van der Waals surface area contributed by atoms with Gasteiger partial charge < -0.3 is 21.1 Å². The van der Waals surface area contributed by atoms with E-state index in [1.165, 1.54) is 0 Å². The summed E-state index contributed by atoms with van der Waals surface area (Å²) in [6.45, 7) is 1.35. The molecule has 2 heterocycles. The zero-order valence-corrected chi connectivity index (χ0v) is 15.6. The molecule has 1 amide bonds. The molecule has 27 heavy (non-hydrogen) atoms. The van der Waals surface area contributed by atoms with Gasteiger partial charge in [0, 0.05) is 23.7 Å². The summed E-state index contributed by atoms with van der Waals surface area (Å²) >= 11 is 6.39. The highest BCUT2D eigenvalue weighted by Crippen LogP contribution is 2.38. The molecule has 0 saturated carbocycles. The van der Waals surface area contributed by atoms with E-state index in [0.29, 0.717) is 12.5 Å². The van der Waals surface area contributed by atoms with E-state index in [9.17, 15) is 4.79 Å². The predicted octanol–water partition coefficient (Wildman–Crippen LogP) is 2.83. The van der Waals surface area contributed by atoms with Crippen molar-refractivity contribution in [3.8, 4) is 0 Å². The number of nitrogens with one attached hydrogen (secondary N) is 1. The standard InChI is InChI=1S/C19H22ClN5O2/c20-15-4-2-1-3-13(15)11-5-6-14-16(9-11)23-18(21)24-17(14)25-8-7-12(10-25)22-19(26)27/h1-4,11-12,22H,5-10H2,(H,26,27)(H2,21,23,24). The van der Waals surface area contributed by atoms with Crippen LogP contribution in [0.4, 0.5) is 16.6 Å². The second-order valence-electron chi connectivity index (χ2n) is 7.17. The van der Waals surface area contributed by atoms with Gasteiger partial charge in [-0.05, 0) is 43.2 Å². The number of nitrogens with two attached hydrogens (primary N) is 1. The van der Waals surface area contributed by atoms with Gasteiger partial charge in [0.1, 0.15) is 5.82 Å². The van der Waals surface area contributed by atoms with Gasteiger partial charge in [-0.1, -0.05) is 29.8 Å². The largest absolute Gasteiger partial charge is 0.465 e. The Hall–Kier alpha value is -2.54. The van der Waals surface area contributed by atoms with E-state index in [-0.39, 0.29) is 12.0 Å². The van der Waals surface area contributed by atoms with Crippen molar-refractivity contribution < 1.29 is 9.90 Å². The number of nitrogens with zero attached hydrogens (tertiary/aromatic N) is 3. The topological polar surface area (TPSA) is 104 Å². The zero-order chi connectivity index (χ0) is 19.0. The second-order valence-corrected chi connectivity index (χ2v) is 7.58. The van der Waals surface area contributed by atoms with E-state index in [4.69, 9.17) is 22.4 Å². The van der Waals surface area contributed by atoms with Crippen molar-refractivity contribution in [3.63, 3.8) is 0 Å². The maximum absolute atomic E-state index is 10.9. The molecule has 1 aromatic carbocycles. The van der Waals surface area contributed by atoms with Crippen molar-refractivity contribution in [1.82, 2.24) is 15.3 Å². The third-order valence-corrected chi connectivity index (χ3v) is 5.78. The first-order valence-corrected chi connectivity index (χ1v) is 9.53. The van der Waals surface area contributed by atoms with Crippen LogP contribution in [0.3, 0.4) is 0 Å². The van der Waals surface area contributed by atoms with Gasteiger partial charge in [0.25, 0.3) is 0 Å². The molecule has 1 fully saturated rings. The van der Waals surface area contributed by atoms with E-state index in [0.717, 1.165) is 59.9 Å². The quantitative estimate of drug-likeness (QED) is 0.748. The molecule has 4 N–H and O–H groups in total. The fourth-order valence-corrected chi connectivity index (χ4v) is 4.48. The highest BCUT2D eigenvalue weighted by Gasteiger charge is 2.31. The van der Waals surface area contributed by atoms with Crippen molar-refractivity contribution in [1.29, 1.82) is 0 Å². The summed E-state index contributed by atoms with van der Waals surface area (Å²) in [5, 5.41) is 12.3. The van der Waals surface area contributed by atoms with E-state index < -0.39 is 6.09 Å². The molecule has 2 aromatic rings. The molecular weight excluding hydrogens is 366 g/mol. The van der Waals surface area contributed by atoms with Crippen LogP contribution in [0.5, 0.6) is 0 Å².